The molecule has 0 saturated heterocycles. The maximum atomic E-state index is 12.3. The van der Waals surface area contributed by atoms with Crippen LogP contribution in [0.4, 0.5) is 0 Å². The monoisotopic (exact) mass is 251 g/mol. The molecule has 5 nitrogen and oxygen atoms in total. The minimum Gasteiger partial charge on any atom is -0.480 e. The highest BCUT2D eigenvalue weighted by molar-refractivity contribution is 5.96. The minimum atomic E-state index is -0.984. The predicted molar refractivity (Wildman–Crippen MR) is 64.4 cm³/mol. The molecule has 0 radical (unpaired) electrons. The van der Waals surface area contributed by atoms with Crippen LogP contribution in [0.1, 0.15) is 34.7 Å². The molecule has 1 N–H and O–H groups in total. The summed E-state index contributed by atoms with van der Waals surface area (Å²) in [5.41, 5.74) is 0.467. The van der Waals surface area contributed by atoms with Crippen molar-refractivity contribution in [3.8, 4) is 0 Å². The summed E-state index contributed by atoms with van der Waals surface area (Å²) in [6.07, 6.45) is 2.15. The average molecular weight is 251 g/mol. The molecular weight excluding hydrogens is 234 g/mol. The average Bonchev–Trinajstić information content (AvgIpc) is 3.01. The Morgan fingerprint density at radius 3 is 2.56 bits per heavy atom. The molecule has 1 aromatic rings. The lowest BCUT2D eigenvalue weighted by Crippen LogP contribution is -2.37. The summed E-state index contributed by atoms with van der Waals surface area (Å²) in [5.74, 6) is 0.434. The van der Waals surface area contributed by atoms with Crippen molar-refractivity contribution < 1.29 is 19.1 Å². The molecule has 98 valence electrons. The Balaban J connectivity index is 2.15. The second kappa shape index (κ2) is 4.84. The van der Waals surface area contributed by atoms with Crippen molar-refractivity contribution in [2.24, 2.45) is 5.92 Å². The number of rotatable bonds is 5. The van der Waals surface area contributed by atoms with Crippen LogP contribution >= 0.6 is 0 Å². The SMILES string of the molecule is Cc1cc(C(=O)N(CC(=O)O)CC2CC2)c(C)o1. The highest BCUT2D eigenvalue weighted by Crippen LogP contribution is 2.30. The first-order valence-electron chi connectivity index (χ1n) is 6.05. The van der Waals surface area contributed by atoms with Crippen LogP contribution < -0.4 is 0 Å². The number of hydrogen-bond donors (Lipinski definition) is 1. The molecular formula is C13H17NO4. The van der Waals surface area contributed by atoms with Gasteiger partial charge in [-0.05, 0) is 38.7 Å². The molecule has 1 saturated carbocycles. The van der Waals surface area contributed by atoms with Gasteiger partial charge in [-0.1, -0.05) is 0 Å². The third-order valence-corrected chi connectivity index (χ3v) is 3.06. The van der Waals surface area contributed by atoms with E-state index < -0.39 is 5.97 Å². The van der Waals surface area contributed by atoms with Crippen LogP contribution in [0.2, 0.25) is 0 Å². The fourth-order valence-electron chi connectivity index (χ4n) is 2.01. The number of carbonyl (C=O) groups is 2. The molecule has 0 aromatic carbocycles. The van der Waals surface area contributed by atoms with E-state index in [1.54, 1.807) is 19.9 Å². The van der Waals surface area contributed by atoms with Crippen LogP contribution in [-0.4, -0.2) is 35.0 Å². The molecule has 0 spiro atoms. The quantitative estimate of drug-likeness (QED) is 0.866. The smallest absolute Gasteiger partial charge is 0.323 e. The van der Waals surface area contributed by atoms with Gasteiger partial charge in [0.2, 0.25) is 0 Å². The fourth-order valence-corrected chi connectivity index (χ4v) is 2.01. The van der Waals surface area contributed by atoms with E-state index in [-0.39, 0.29) is 12.5 Å². The standard InChI is InChI=1S/C13H17NO4/c1-8-5-11(9(2)18-8)13(17)14(7-12(15)16)6-10-3-4-10/h5,10H,3-4,6-7H2,1-2H3,(H,15,16). The van der Waals surface area contributed by atoms with E-state index in [0.29, 0.717) is 29.5 Å². The zero-order valence-electron chi connectivity index (χ0n) is 10.6. The van der Waals surface area contributed by atoms with Gasteiger partial charge in [-0.3, -0.25) is 9.59 Å². The zero-order chi connectivity index (χ0) is 13.3. The van der Waals surface area contributed by atoms with Crippen LogP contribution in [0.15, 0.2) is 10.5 Å². The summed E-state index contributed by atoms with van der Waals surface area (Å²) in [7, 11) is 0. The van der Waals surface area contributed by atoms with Gasteiger partial charge in [-0.2, -0.15) is 0 Å². The van der Waals surface area contributed by atoms with Crippen molar-refractivity contribution in [1.29, 1.82) is 0 Å². The maximum absolute atomic E-state index is 12.3. The molecule has 1 amide bonds. The van der Waals surface area contributed by atoms with Crippen LogP contribution in [0.25, 0.3) is 0 Å². The van der Waals surface area contributed by atoms with E-state index in [9.17, 15) is 9.59 Å². The Kier molecular flexibility index (Phi) is 3.41. The Morgan fingerprint density at radius 1 is 1.44 bits per heavy atom. The largest absolute Gasteiger partial charge is 0.480 e. The Labute approximate surface area is 105 Å². The predicted octanol–water partition coefficient (Wildman–Crippen LogP) is 1.83. The van der Waals surface area contributed by atoms with Crippen molar-refractivity contribution >= 4 is 11.9 Å². The molecule has 1 heterocycles. The summed E-state index contributed by atoms with van der Waals surface area (Å²) in [6, 6.07) is 1.67. The topological polar surface area (TPSA) is 70.8 Å². The number of carboxylic acid groups (broad SMARTS) is 1. The van der Waals surface area contributed by atoms with Gasteiger partial charge in [0.1, 0.15) is 18.1 Å². The minimum absolute atomic E-state index is 0.251. The Bertz CT molecular complexity index is 473. The van der Waals surface area contributed by atoms with E-state index >= 15 is 0 Å². The highest BCUT2D eigenvalue weighted by atomic mass is 16.4. The summed E-state index contributed by atoms with van der Waals surface area (Å²) < 4.78 is 5.32. The van der Waals surface area contributed by atoms with E-state index in [1.165, 1.54) is 4.90 Å². The number of amides is 1. The van der Waals surface area contributed by atoms with Crippen LogP contribution in [0, 0.1) is 19.8 Å². The summed E-state index contributed by atoms with van der Waals surface area (Å²) in [4.78, 5) is 24.5. The van der Waals surface area contributed by atoms with Gasteiger partial charge in [-0.25, -0.2) is 0 Å². The number of aryl methyl sites for hydroxylation is 2. The molecule has 1 aliphatic carbocycles. The van der Waals surface area contributed by atoms with Crippen molar-refractivity contribution in [2.45, 2.75) is 26.7 Å². The first-order valence-corrected chi connectivity index (χ1v) is 6.05. The molecule has 0 bridgehead atoms. The Morgan fingerprint density at radius 2 is 2.11 bits per heavy atom. The first kappa shape index (κ1) is 12.7. The van der Waals surface area contributed by atoms with E-state index in [0.717, 1.165) is 12.8 Å². The molecule has 1 aliphatic rings. The number of hydrogen-bond acceptors (Lipinski definition) is 3. The lowest BCUT2D eigenvalue weighted by atomic mass is 10.2. The molecule has 1 fully saturated rings. The van der Waals surface area contributed by atoms with Gasteiger partial charge in [0.15, 0.2) is 0 Å². The molecule has 1 aromatic heterocycles. The lowest BCUT2D eigenvalue weighted by molar-refractivity contribution is -0.137. The zero-order valence-corrected chi connectivity index (χ0v) is 10.6. The Hall–Kier alpha value is -1.78. The normalized spacial score (nSPS) is 14.6. The second-order valence-corrected chi connectivity index (χ2v) is 4.85. The highest BCUT2D eigenvalue weighted by Gasteiger charge is 2.29. The van der Waals surface area contributed by atoms with Gasteiger partial charge in [-0.15, -0.1) is 0 Å². The third-order valence-electron chi connectivity index (χ3n) is 3.06. The van der Waals surface area contributed by atoms with Crippen molar-refractivity contribution in [3.05, 3.63) is 23.2 Å². The molecule has 5 heteroatoms. The van der Waals surface area contributed by atoms with Crippen LogP contribution in [-0.2, 0) is 4.79 Å². The van der Waals surface area contributed by atoms with E-state index in [4.69, 9.17) is 9.52 Å². The molecule has 0 unspecified atom stereocenters. The molecule has 0 aliphatic heterocycles. The fraction of sp³-hybridized carbons (Fsp3) is 0.538. The molecule has 18 heavy (non-hydrogen) atoms. The van der Waals surface area contributed by atoms with E-state index in [2.05, 4.69) is 0 Å². The third kappa shape index (κ3) is 2.91. The lowest BCUT2D eigenvalue weighted by Gasteiger charge is -2.20. The van der Waals surface area contributed by atoms with Crippen LogP contribution in [0.3, 0.4) is 0 Å². The summed E-state index contributed by atoms with van der Waals surface area (Å²) in [5, 5.41) is 8.87. The van der Waals surface area contributed by atoms with Crippen molar-refractivity contribution in [1.82, 2.24) is 4.90 Å². The van der Waals surface area contributed by atoms with Gasteiger partial charge in [0.25, 0.3) is 5.91 Å². The van der Waals surface area contributed by atoms with Gasteiger partial charge < -0.3 is 14.4 Å². The summed E-state index contributed by atoms with van der Waals surface area (Å²) in [6.45, 7) is 3.76. The number of carboxylic acids is 1. The number of carbonyl (C=O) groups excluding carboxylic acids is 1. The number of aliphatic carboxylic acids is 1. The maximum Gasteiger partial charge on any atom is 0.323 e. The molecule has 2 rings (SSSR count). The summed E-state index contributed by atoms with van der Waals surface area (Å²) >= 11 is 0. The number of nitrogens with zero attached hydrogens (tertiary/aromatic N) is 1. The van der Waals surface area contributed by atoms with Crippen molar-refractivity contribution in [3.63, 3.8) is 0 Å². The van der Waals surface area contributed by atoms with Gasteiger partial charge in [0.05, 0.1) is 5.56 Å². The van der Waals surface area contributed by atoms with Crippen LogP contribution in [0.5, 0.6) is 0 Å². The molecule has 0 atom stereocenters. The van der Waals surface area contributed by atoms with E-state index in [1.807, 2.05) is 0 Å². The number of furan rings is 1. The first-order chi connectivity index (χ1) is 8.47. The van der Waals surface area contributed by atoms with Crippen molar-refractivity contribution in [2.75, 3.05) is 13.1 Å². The second-order valence-electron chi connectivity index (χ2n) is 4.85. The van der Waals surface area contributed by atoms with Gasteiger partial charge in [0, 0.05) is 6.54 Å². The van der Waals surface area contributed by atoms with Gasteiger partial charge >= 0.3 is 5.97 Å².